The van der Waals surface area contributed by atoms with Crippen LogP contribution in [-0.2, 0) is 6.54 Å². The molecule has 2 unspecified atom stereocenters. The van der Waals surface area contributed by atoms with Crippen molar-refractivity contribution in [3.63, 3.8) is 0 Å². The molecule has 0 aromatic heterocycles. The van der Waals surface area contributed by atoms with Crippen molar-refractivity contribution in [1.29, 1.82) is 0 Å². The van der Waals surface area contributed by atoms with Crippen LogP contribution >= 0.6 is 0 Å². The molecule has 3 rings (SSSR count). The van der Waals surface area contributed by atoms with Gasteiger partial charge in [-0.3, -0.25) is 4.90 Å². The van der Waals surface area contributed by atoms with Gasteiger partial charge in [-0.25, -0.2) is 0 Å². The Morgan fingerprint density at radius 2 is 2.16 bits per heavy atom. The molecule has 2 fully saturated rings. The maximum Gasteiger partial charge on any atom is 0.0309 e. The summed E-state index contributed by atoms with van der Waals surface area (Å²) in [7, 11) is 0. The number of hydrogen-bond acceptors (Lipinski definition) is 2. The molecule has 1 aromatic rings. The molecular weight excluding hydrogens is 232 g/mol. The van der Waals surface area contributed by atoms with Crippen molar-refractivity contribution in [1.82, 2.24) is 10.2 Å². The van der Waals surface area contributed by atoms with E-state index >= 15 is 0 Å². The van der Waals surface area contributed by atoms with Crippen LogP contribution in [0.1, 0.15) is 37.8 Å². The molecule has 1 aromatic carbocycles. The van der Waals surface area contributed by atoms with Gasteiger partial charge in [-0.15, -0.1) is 0 Å². The maximum absolute atomic E-state index is 3.79. The van der Waals surface area contributed by atoms with Gasteiger partial charge >= 0.3 is 0 Å². The first-order valence-electron chi connectivity index (χ1n) is 7.61. The molecule has 2 heteroatoms. The second-order valence-corrected chi connectivity index (χ2v) is 6.82. The van der Waals surface area contributed by atoms with Crippen LogP contribution in [0, 0.1) is 12.8 Å². The van der Waals surface area contributed by atoms with E-state index < -0.39 is 0 Å². The van der Waals surface area contributed by atoms with Gasteiger partial charge < -0.3 is 5.32 Å². The third kappa shape index (κ3) is 2.85. The molecule has 19 heavy (non-hydrogen) atoms. The molecule has 0 radical (unpaired) electrons. The fourth-order valence-electron chi connectivity index (χ4n) is 3.39. The largest absolute Gasteiger partial charge is 0.308 e. The zero-order valence-electron chi connectivity index (χ0n) is 12.4. The van der Waals surface area contributed by atoms with Gasteiger partial charge in [-0.2, -0.15) is 0 Å². The Balaban J connectivity index is 1.71. The Labute approximate surface area is 117 Å². The molecular formula is C17H26N2. The number of hydrogen-bond donors (Lipinski definition) is 1. The highest BCUT2D eigenvalue weighted by Gasteiger charge is 2.45. The smallest absolute Gasteiger partial charge is 0.0309 e. The Kier molecular flexibility index (Phi) is 3.40. The van der Waals surface area contributed by atoms with Crippen molar-refractivity contribution in [2.75, 3.05) is 13.1 Å². The summed E-state index contributed by atoms with van der Waals surface area (Å²) in [5.41, 5.74) is 3.16. The molecule has 2 atom stereocenters. The van der Waals surface area contributed by atoms with Gasteiger partial charge in [0.2, 0.25) is 0 Å². The first-order chi connectivity index (χ1) is 9.07. The van der Waals surface area contributed by atoms with E-state index in [2.05, 4.69) is 55.3 Å². The molecule has 2 nitrogen and oxygen atoms in total. The van der Waals surface area contributed by atoms with E-state index in [1.165, 1.54) is 30.5 Å². The summed E-state index contributed by atoms with van der Waals surface area (Å²) in [6.45, 7) is 10.3. The first-order valence-corrected chi connectivity index (χ1v) is 7.61. The van der Waals surface area contributed by atoms with Crippen molar-refractivity contribution >= 4 is 0 Å². The molecule has 1 heterocycles. The average Bonchev–Trinajstić information content (AvgIpc) is 3.19. The second kappa shape index (κ2) is 4.92. The molecule has 1 aliphatic carbocycles. The lowest BCUT2D eigenvalue weighted by Crippen LogP contribution is -2.62. The van der Waals surface area contributed by atoms with Gasteiger partial charge in [-0.05, 0) is 45.1 Å². The normalized spacial score (nSPS) is 32.5. The number of aryl methyl sites for hydroxylation is 1. The summed E-state index contributed by atoms with van der Waals surface area (Å²) in [6, 6.07) is 9.57. The SMILES string of the molecule is Cc1cccc(CN2CC(C)(C3CC3)NCC2C)c1. The van der Waals surface area contributed by atoms with E-state index in [4.69, 9.17) is 0 Å². The van der Waals surface area contributed by atoms with Gasteiger partial charge in [0.25, 0.3) is 0 Å². The van der Waals surface area contributed by atoms with Crippen molar-refractivity contribution in [2.45, 2.75) is 51.7 Å². The topological polar surface area (TPSA) is 15.3 Å². The molecule has 0 bridgehead atoms. The number of piperazine rings is 1. The van der Waals surface area contributed by atoms with E-state index in [9.17, 15) is 0 Å². The molecule has 2 aliphatic rings. The van der Waals surface area contributed by atoms with Crippen LogP contribution in [0.2, 0.25) is 0 Å². The summed E-state index contributed by atoms with van der Waals surface area (Å²) >= 11 is 0. The third-order valence-corrected chi connectivity index (χ3v) is 4.90. The molecule has 1 saturated heterocycles. The third-order valence-electron chi connectivity index (χ3n) is 4.90. The second-order valence-electron chi connectivity index (χ2n) is 6.82. The van der Waals surface area contributed by atoms with E-state index in [0.717, 1.165) is 19.0 Å². The van der Waals surface area contributed by atoms with Crippen LogP contribution in [0.3, 0.4) is 0 Å². The van der Waals surface area contributed by atoms with Gasteiger partial charge in [0, 0.05) is 31.2 Å². The summed E-state index contributed by atoms with van der Waals surface area (Å²) in [5, 5.41) is 3.79. The summed E-state index contributed by atoms with van der Waals surface area (Å²) < 4.78 is 0. The van der Waals surface area contributed by atoms with E-state index in [1.54, 1.807) is 0 Å². The van der Waals surface area contributed by atoms with Crippen LogP contribution in [0.5, 0.6) is 0 Å². The van der Waals surface area contributed by atoms with E-state index in [0.29, 0.717) is 11.6 Å². The summed E-state index contributed by atoms with van der Waals surface area (Å²) in [5.74, 6) is 0.903. The van der Waals surface area contributed by atoms with Crippen molar-refractivity contribution < 1.29 is 0 Å². The van der Waals surface area contributed by atoms with Crippen molar-refractivity contribution in [2.24, 2.45) is 5.92 Å². The Hall–Kier alpha value is -0.860. The molecule has 1 aliphatic heterocycles. The zero-order chi connectivity index (χ0) is 13.5. The Bertz CT molecular complexity index is 452. The maximum atomic E-state index is 3.79. The highest BCUT2D eigenvalue weighted by atomic mass is 15.3. The van der Waals surface area contributed by atoms with Gasteiger partial charge in [-0.1, -0.05) is 29.8 Å². The Morgan fingerprint density at radius 1 is 1.37 bits per heavy atom. The monoisotopic (exact) mass is 258 g/mol. The Morgan fingerprint density at radius 3 is 2.84 bits per heavy atom. The minimum absolute atomic E-state index is 0.344. The minimum Gasteiger partial charge on any atom is -0.308 e. The lowest BCUT2D eigenvalue weighted by molar-refractivity contribution is 0.0770. The lowest BCUT2D eigenvalue weighted by Gasteiger charge is -2.45. The van der Waals surface area contributed by atoms with Crippen LogP contribution in [0.15, 0.2) is 24.3 Å². The number of nitrogens with one attached hydrogen (secondary N) is 1. The van der Waals surface area contributed by atoms with E-state index in [-0.39, 0.29) is 0 Å². The quantitative estimate of drug-likeness (QED) is 0.896. The minimum atomic E-state index is 0.344. The summed E-state index contributed by atoms with van der Waals surface area (Å²) in [6.07, 6.45) is 2.83. The van der Waals surface area contributed by atoms with Crippen LogP contribution < -0.4 is 5.32 Å². The fraction of sp³-hybridized carbons (Fsp3) is 0.647. The van der Waals surface area contributed by atoms with Crippen LogP contribution in [-0.4, -0.2) is 29.6 Å². The van der Waals surface area contributed by atoms with E-state index in [1.807, 2.05) is 0 Å². The lowest BCUT2D eigenvalue weighted by atomic mass is 9.91. The van der Waals surface area contributed by atoms with Crippen molar-refractivity contribution in [3.8, 4) is 0 Å². The number of nitrogens with zero attached hydrogens (tertiary/aromatic N) is 1. The van der Waals surface area contributed by atoms with Crippen LogP contribution in [0.4, 0.5) is 0 Å². The molecule has 0 spiro atoms. The highest BCUT2D eigenvalue weighted by molar-refractivity contribution is 5.22. The van der Waals surface area contributed by atoms with Crippen LogP contribution in [0.25, 0.3) is 0 Å². The highest BCUT2D eigenvalue weighted by Crippen LogP contribution is 2.41. The van der Waals surface area contributed by atoms with Crippen molar-refractivity contribution in [3.05, 3.63) is 35.4 Å². The average molecular weight is 258 g/mol. The zero-order valence-corrected chi connectivity index (χ0v) is 12.4. The van der Waals surface area contributed by atoms with Gasteiger partial charge in [0.1, 0.15) is 0 Å². The predicted octanol–water partition coefficient (Wildman–Crippen LogP) is 2.96. The molecule has 1 saturated carbocycles. The summed E-state index contributed by atoms with van der Waals surface area (Å²) in [4.78, 5) is 2.66. The van der Waals surface area contributed by atoms with Gasteiger partial charge in [0.05, 0.1) is 0 Å². The standard InChI is InChI=1S/C17H26N2/c1-13-5-4-6-15(9-13)11-19-12-17(3,16-7-8-16)18-10-14(19)2/h4-6,9,14,16,18H,7-8,10-12H2,1-3H3. The molecule has 104 valence electrons. The first kappa shape index (κ1) is 13.1. The number of benzene rings is 1. The molecule has 1 N–H and O–H groups in total. The molecule has 0 amide bonds. The number of rotatable bonds is 3. The van der Waals surface area contributed by atoms with Gasteiger partial charge in [0.15, 0.2) is 0 Å². The fourth-order valence-corrected chi connectivity index (χ4v) is 3.39. The predicted molar refractivity (Wildman–Crippen MR) is 80.2 cm³/mol.